The summed E-state index contributed by atoms with van der Waals surface area (Å²) in [6.45, 7) is 0. The summed E-state index contributed by atoms with van der Waals surface area (Å²) in [6, 6.07) is 8.17. The summed E-state index contributed by atoms with van der Waals surface area (Å²) in [5, 5.41) is 11.3. The quantitative estimate of drug-likeness (QED) is 0.739. The lowest BCUT2D eigenvalue weighted by molar-refractivity contribution is 0.557. The molecule has 3 rings (SSSR count). The predicted octanol–water partition coefficient (Wildman–Crippen LogP) is 2.84. The van der Waals surface area contributed by atoms with Gasteiger partial charge in [0.25, 0.3) is 0 Å². The summed E-state index contributed by atoms with van der Waals surface area (Å²) in [5.74, 6) is -1.48. The van der Waals surface area contributed by atoms with Gasteiger partial charge in [-0.1, -0.05) is 17.7 Å². The standard InChI is InChI=1S/C13H8ClF2N5/c14-7-4-5-11(17)8(6-7)13-18-19-20-21(13)12-9(15)2-1-3-10(12)16/h1-6H,17H2. The highest BCUT2D eigenvalue weighted by atomic mass is 35.5. The molecule has 0 unspecified atom stereocenters. The number of tetrazole rings is 1. The number of halogens is 3. The van der Waals surface area contributed by atoms with Crippen molar-refractivity contribution in [1.82, 2.24) is 20.2 Å². The summed E-state index contributed by atoms with van der Waals surface area (Å²) in [4.78, 5) is 0. The molecule has 5 nitrogen and oxygen atoms in total. The molecule has 8 heteroatoms. The zero-order valence-electron chi connectivity index (χ0n) is 10.5. The first-order chi connectivity index (χ1) is 10.1. The molecule has 0 amide bonds. The van der Waals surface area contributed by atoms with Gasteiger partial charge in [0, 0.05) is 16.3 Å². The van der Waals surface area contributed by atoms with Crippen molar-refractivity contribution in [3.8, 4) is 17.1 Å². The SMILES string of the molecule is Nc1ccc(Cl)cc1-c1nnnn1-c1c(F)cccc1F. The third-order valence-electron chi connectivity index (χ3n) is 2.88. The van der Waals surface area contributed by atoms with E-state index in [9.17, 15) is 8.78 Å². The second kappa shape index (κ2) is 5.10. The Morgan fingerprint density at radius 3 is 2.52 bits per heavy atom. The molecule has 0 atom stereocenters. The van der Waals surface area contributed by atoms with Crippen LogP contribution in [0, 0.1) is 11.6 Å². The van der Waals surface area contributed by atoms with Gasteiger partial charge in [-0.3, -0.25) is 0 Å². The van der Waals surface area contributed by atoms with Gasteiger partial charge in [0.15, 0.2) is 17.5 Å². The molecule has 0 aliphatic carbocycles. The van der Waals surface area contributed by atoms with E-state index in [-0.39, 0.29) is 11.5 Å². The predicted molar refractivity (Wildman–Crippen MR) is 73.9 cm³/mol. The number of nitrogens with zero attached hydrogens (tertiary/aromatic N) is 4. The van der Waals surface area contributed by atoms with E-state index < -0.39 is 11.6 Å². The van der Waals surface area contributed by atoms with Crippen LogP contribution in [0.4, 0.5) is 14.5 Å². The second-order valence-corrected chi connectivity index (χ2v) is 4.65. The van der Waals surface area contributed by atoms with E-state index in [1.165, 1.54) is 12.1 Å². The van der Waals surface area contributed by atoms with Crippen LogP contribution < -0.4 is 5.73 Å². The Hall–Kier alpha value is -2.54. The summed E-state index contributed by atoms with van der Waals surface area (Å²) < 4.78 is 28.7. The number of benzene rings is 2. The summed E-state index contributed by atoms with van der Waals surface area (Å²) in [6.07, 6.45) is 0. The maximum absolute atomic E-state index is 13.9. The minimum Gasteiger partial charge on any atom is -0.398 e. The van der Waals surface area contributed by atoms with Crippen LogP contribution in [0.1, 0.15) is 0 Å². The van der Waals surface area contributed by atoms with Gasteiger partial charge in [0.05, 0.1) is 0 Å². The van der Waals surface area contributed by atoms with E-state index in [4.69, 9.17) is 17.3 Å². The molecule has 0 aliphatic heterocycles. The monoisotopic (exact) mass is 307 g/mol. The smallest absolute Gasteiger partial charge is 0.189 e. The van der Waals surface area contributed by atoms with E-state index in [1.54, 1.807) is 12.1 Å². The van der Waals surface area contributed by atoms with E-state index in [0.717, 1.165) is 16.8 Å². The van der Waals surface area contributed by atoms with Gasteiger partial charge in [-0.05, 0) is 40.8 Å². The lowest BCUT2D eigenvalue weighted by atomic mass is 10.1. The number of para-hydroxylation sites is 1. The molecule has 0 aliphatic rings. The first-order valence-corrected chi connectivity index (χ1v) is 6.24. The van der Waals surface area contributed by atoms with Crippen molar-refractivity contribution in [1.29, 1.82) is 0 Å². The van der Waals surface area contributed by atoms with E-state index in [2.05, 4.69) is 15.5 Å². The minimum absolute atomic E-state index is 0.0963. The molecule has 0 saturated heterocycles. The fourth-order valence-corrected chi connectivity index (χ4v) is 2.09. The fourth-order valence-electron chi connectivity index (χ4n) is 1.92. The van der Waals surface area contributed by atoms with Gasteiger partial charge in [-0.25, -0.2) is 8.78 Å². The van der Waals surface area contributed by atoms with Gasteiger partial charge in [-0.15, -0.1) is 5.10 Å². The zero-order chi connectivity index (χ0) is 15.0. The highest BCUT2D eigenvalue weighted by Gasteiger charge is 2.19. The van der Waals surface area contributed by atoms with Gasteiger partial charge in [0.2, 0.25) is 0 Å². The van der Waals surface area contributed by atoms with Gasteiger partial charge >= 0.3 is 0 Å². The van der Waals surface area contributed by atoms with Crippen LogP contribution in [0.15, 0.2) is 36.4 Å². The number of rotatable bonds is 2. The first-order valence-electron chi connectivity index (χ1n) is 5.86. The van der Waals surface area contributed by atoms with Crippen molar-refractivity contribution < 1.29 is 8.78 Å². The van der Waals surface area contributed by atoms with E-state index >= 15 is 0 Å². The third kappa shape index (κ3) is 2.31. The summed E-state index contributed by atoms with van der Waals surface area (Å²) >= 11 is 5.91. The molecule has 0 fully saturated rings. The van der Waals surface area contributed by atoms with Crippen molar-refractivity contribution in [3.05, 3.63) is 53.1 Å². The Kier molecular flexibility index (Phi) is 3.26. The normalized spacial score (nSPS) is 10.8. The number of nitrogen functional groups attached to an aromatic ring is 1. The average molecular weight is 308 g/mol. The fraction of sp³-hybridized carbons (Fsp3) is 0. The topological polar surface area (TPSA) is 69.6 Å². The third-order valence-corrected chi connectivity index (χ3v) is 3.11. The average Bonchev–Trinajstić information content (AvgIpc) is 2.90. The number of hydrogen-bond acceptors (Lipinski definition) is 4. The Balaban J connectivity index is 2.25. The first kappa shape index (κ1) is 13.4. The van der Waals surface area contributed by atoms with Crippen LogP contribution in [0.2, 0.25) is 5.02 Å². The lowest BCUT2D eigenvalue weighted by Gasteiger charge is -2.08. The number of aromatic nitrogens is 4. The van der Waals surface area contributed by atoms with E-state index in [1.807, 2.05) is 0 Å². The van der Waals surface area contributed by atoms with Crippen molar-refractivity contribution in [2.75, 3.05) is 5.73 Å². The van der Waals surface area contributed by atoms with Crippen molar-refractivity contribution in [2.45, 2.75) is 0 Å². The second-order valence-electron chi connectivity index (χ2n) is 4.22. The van der Waals surface area contributed by atoms with Gasteiger partial charge in [-0.2, -0.15) is 4.68 Å². The molecule has 0 radical (unpaired) electrons. The molecule has 21 heavy (non-hydrogen) atoms. The largest absolute Gasteiger partial charge is 0.398 e. The van der Waals surface area contributed by atoms with Crippen LogP contribution in [0.5, 0.6) is 0 Å². The van der Waals surface area contributed by atoms with Crippen LogP contribution in [-0.4, -0.2) is 20.2 Å². The maximum atomic E-state index is 13.9. The molecule has 2 N–H and O–H groups in total. The number of hydrogen-bond donors (Lipinski definition) is 1. The van der Waals surface area contributed by atoms with Crippen molar-refractivity contribution >= 4 is 17.3 Å². The molecule has 1 heterocycles. The number of anilines is 1. The molecule has 106 valence electrons. The highest BCUT2D eigenvalue weighted by Crippen LogP contribution is 2.29. The van der Waals surface area contributed by atoms with Crippen LogP contribution in [-0.2, 0) is 0 Å². The van der Waals surface area contributed by atoms with Crippen LogP contribution in [0.25, 0.3) is 17.1 Å². The Morgan fingerprint density at radius 2 is 1.81 bits per heavy atom. The van der Waals surface area contributed by atoms with Gasteiger partial charge < -0.3 is 5.73 Å². The maximum Gasteiger partial charge on any atom is 0.189 e. The molecule has 0 bridgehead atoms. The molecule has 0 spiro atoms. The van der Waals surface area contributed by atoms with Crippen LogP contribution >= 0.6 is 11.6 Å². The van der Waals surface area contributed by atoms with E-state index in [0.29, 0.717) is 16.3 Å². The molecule has 3 aromatic rings. The summed E-state index contributed by atoms with van der Waals surface area (Å²) in [5.41, 5.74) is 6.20. The zero-order valence-corrected chi connectivity index (χ0v) is 11.2. The van der Waals surface area contributed by atoms with Crippen molar-refractivity contribution in [2.24, 2.45) is 0 Å². The van der Waals surface area contributed by atoms with Crippen molar-refractivity contribution in [3.63, 3.8) is 0 Å². The Bertz CT molecular complexity index is 798. The molecule has 2 aromatic carbocycles. The number of nitrogens with two attached hydrogens (primary N) is 1. The Morgan fingerprint density at radius 1 is 1.10 bits per heavy atom. The molecular formula is C13H8ClF2N5. The molecule has 0 saturated carbocycles. The lowest BCUT2D eigenvalue weighted by Crippen LogP contribution is -2.06. The summed E-state index contributed by atoms with van der Waals surface area (Å²) in [7, 11) is 0. The Labute approximate surface area is 123 Å². The minimum atomic E-state index is -0.788. The molecule has 1 aromatic heterocycles. The molecular weight excluding hydrogens is 300 g/mol. The van der Waals surface area contributed by atoms with Crippen LogP contribution in [0.3, 0.4) is 0 Å². The highest BCUT2D eigenvalue weighted by molar-refractivity contribution is 6.31. The van der Waals surface area contributed by atoms with Gasteiger partial charge in [0.1, 0.15) is 5.69 Å².